The zero-order valence-corrected chi connectivity index (χ0v) is 23.1. The molecule has 38 heavy (non-hydrogen) atoms. The topological polar surface area (TPSA) is 73.4 Å². The number of fused-ring (bicyclic) bond motifs is 1. The normalized spacial score (nSPS) is 19.4. The summed E-state index contributed by atoms with van der Waals surface area (Å²) in [6, 6.07) is 26.8. The summed E-state index contributed by atoms with van der Waals surface area (Å²) in [5.74, 6) is 0.919. The van der Waals surface area contributed by atoms with Crippen molar-refractivity contribution in [1.29, 1.82) is 0 Å². The molecule has 6 rings (SSSR count). The number of hydrogen-bond acceptors (Lipinski definition) is 4. The van der Waals surface area contributed by atoms with Crippen LogP contribution in [-0.4, -0.2) is 39.0 Å². The third kappa shape index (κ3) is 5.07. The highest BCUT2D eigenvalue weighted by Gasteiger charge is 2.38. The molecule has 0 saturated carbocycles. The molecule has 1 aromatic heterocycles. The first kappa shape index (κ1) is 26.0. The molecule has 9 heteroatoms. The van der Waals surface area contributed by atoms with Crippen molar-refractivity contribution >= 4 is 44.2 Å². The number of para-hydroxylation sites is 2. The minimum Gasteiger partial charge on any atom is -0.362 e. The van der Waals surface area contributed by atoms with Crippen LogP contribution in [0.25, 0.3) is 5.69 Å². The lowest BCUT2D eigenvalue weighted by atomic mass is 10.2. The maximum Gasteiger partial charge on any atom is 0.276 e. The van der Waals surface area contributed by atoms with Gasteiger partial charge in [-0.1, -0.05) is 48.0 Å². The van der Waals surface area contributed by atoms with E-state index < -0.39 is 0 Å². The van der Waals surface area contributed by atoms with E-state index in [1.54, 1.807) is 11.1 Å². The van der Waals surface area contributed by atoms with Gasteiger partial charge in [0.1, 0.15) is 0 Å². The van der Waals surface area contributed by atoms with E-state index in [-0.39, 0.29) is 28.0 Å². The fourth-order valence-corrected chi connectivity index (χ4v) is 7.44. The maximum atomic E-state index is 13.2. The molecule has 1 amide bonds. The van der Waals surface area contributed by atoms with Crippen LogP contribution in [0.5, 0.6) is 0 Å². The molecule has 4 aromatic rings. The Morgan fingerprint density at radius 3 is 2.21 bits per heavy atom. The average molecular weight is 548 g/mol. The van der Waals surface area contributed by atoms with Gasteiger partial charge in [0.05, 0.1) is 33.8 Å². The molecule has 2 atom stereocenters. The number of carbonyl (C=O) groups excluding carboxylic acids is 1. The molecule has 3 aromatic carbocycles. The Kier molecular flexibility index (Phi) is 7.56. The fourth-order valence-electron chi connectivity index (χ4n) is 4.67. The van der Waals surface area contributed by atoms with Crippen LogP contribution in [0.15, 0.2) is 94.6 Å². The third-order valence-corrected chi connectivity index (χ3v) is 9.21. The summed E-state index contributed by atoms with van der Waals surface area (Å²) in [5, 5.41) is 5.38. The molecule has 0 spiro atoms. The van der Waals surface area contributed by atoms with Gasteiger partial charge in [-0.25, -0.2) is 15.1 Å². The molecule has 2 aliphatic heterocycles. The Bertz CT molecular complexity index is 1550. The first-order valence-corrected chi connectivity index (χ1v) is 14.3. The first-order valence-electron chi connectivity index (χ1n) is 12.5. The van der Waals surface area contributed by atoms with Crippen LogP contribution < -0.4 is 20.9 Å². The number of aryl methyl sites for hydroxylation is 1. The standard InChI is InChI=1S/C19H20ClN3OS.C10H10N2O/c1-3-22-12-25(17-10-9-14(20)11-16(17)22)18-13(2)21-23(19(18)24)15-7-5-4-6-8-15;1-8-7-10(13)12(11-8)9-5-3-2-4-6-9/h4-11,13,21H,3,12H2,1-2H3;2-7,11H,1H3. The van der Waals surface area contributed by atoms with Crippen molar-refractivity contribution in [2.45, 2.75) is 31.7 Å². The summed E-state index contributed by atoms with van der Waals surface area (Å²) in [7, 11) is -0.240. The molecule has 1 saturated heterocycles. The number of halogens is 1. The zero-order chi connectivity index (χ0) is 26.8. The number of hydrazine groups is 1. The van der Waals surface area contributed by atoms with Crippen molar-refractivity contribution in [2.24, 2.45) is 0 Å². The lowest BCUT2D eigenvalue weighted by Crippen LogP contribution is -2.36. The van der Waals surface area contributed by atoms with Crippen molar-refractivity contribution in [1.82, 2.24) is 15.2 Å². The largest absolute Gasteiger partial charge is 0.362 e. The number of benzene rings is 3. The van der Waals surface area contributed by atoms with Crippen LogP contribution in [0.3, 0.4) is 0 Å². The fraction of sp³-hybridized carbons (Fsp3) is 0.207. The SMILES string of the molecule is CCN1CS(=C2C(=O)N(c3ccccc3)NC2C)c2ccc(Cl)cc21.Cc1cc(=O)n(-c2ccccc2)[nH]1. The molecular formula is C29H30ClN5O2S. The molecule has 1 fully saturated rings. The second kappa shape index (κ2) is 11.0. The Morgan fingerprint density at radius 1 is 0.947 bits per heavy atom. The number of nitrogens with zero attached hydrogens (tertiary/aromatic N) is 3. The Hall–Kier alpha value is -3.59. The number of carbonyl (C=O) groups is 1. The van der Waals surface area contributed by atoms with E-state index in [1.807, 2.05) is 79.7 Å². The second-order valence-corrected chi connectivity index (χ2v) is 11.5. The molecule has 0 bridgehead atoms. The van der Waals surface area contributed by atoms with Gasteiger partial charge in [0, 0.05) is 28.2 Å². The summed E-state index contributed by atoms with van der Waals surface area (Å²) >= 11 is 6.20. The molecular weight excluding hydrogens is 518 g/mol. The molecule has 0 aliphatic carbocycles. The number of hydrogen-bond donors (Lipinski definition) is 2. The molecule has 3 heterocycles. The van der Waals surface area contributed by atoms with E-state index >= 15 is 0 Å². The molecule has 196 valence electrons. The van der Waals surface area contributed by atoms with Crippen LogP contribution in [-0.2, 0) is 4.79 Å². The van der Waals surface area contributed by atoms with E-state index in [0.29, 0.717) is 0 Å². The summed E-state index contributed by atoms with van der Waals surface area (Å²) in [5.41, 5.74) is 7.07. The van der Waals surface area contributed by atoms with Crippen molar-refractivity contribution in [3.8, 4) is 5.69 Å². The lowest BCUT2D eigenvalue weighted by Gasteiger charge is -2.16. The van der Waals surface area contributed by atoms with Gasteiger partial charge in [-0.3, -0.25) is 14.7 Å². The van der Waals surface area contributed by atoms with E-state index in [2.05, 4.69) is 35.3 Å². The van der Waals surface area contributed by atoms with Crippen LogP contribution in [0, 0.1) is 6.92 Å². The van der Waals surface area contributed by atoms with Gasteiger partial charge in [0.2, 0.25) is 0 Å². The highest BCUT2D eigenvalue weighted by atomic mass is 35.5. The second-order valence-electron chi connectivity index (χ2n) is 9.13. The monoisotopic (exact) mass is 547 g/mol. The van der Waals surface area contributed by atoms with E-state index in [4.69, 9.17) is 11.6 Å². The van der Waals surface area contributed by atoms with Crippen LogP contribution in [0.2, 0.25) is 5.02 Å². The minimum atomic E-state index is -0.240. The van der Waals surface area contributed by atoms with Gasteiger partial charge in [0.25, 0.3) is 11.5 Å². The summed E-state index contributed by atoms with van der Waals surface area (Å²) in [6.45, 7) is 6.97. The van der Waals surface area contributed by atoms with Crippen LogP contribution >= 0.6 is 22.1 Å². The van der Waals surface area contributed by atoms with Gasteiger partial charge in [-0.05, 0) is 63.2 Å². The molecule has 7 nitrogen and oxygen atoms in total. The zero-order valence-electron chi connectivity index (χ0n) is 21.5. The van der Waals surface area contributed by atoms with Gasteiger partial charge < -0.3 is 4.90 Å². The molecule has 2 unspecified atom stereocenters. The van der Waals surface area contributed by atoms with E-state index in [0.717, 1.165) is 45.1 Å². The molecule has 0 radical (unpaired) electrons. The highest BCUT2D eigenvalue weighted by Crippen LogP contribution is 2.46. The van der Waals surface area contributed by atoms with Crippen LogP contribution in [0.1, 0.15) is 19.5 Å². The molecule has 2 aliphatic rings. The summed E-state index contributed by atoms with van der Waals surface area (Å²) in [4.78, 5) is 29.0. The quantitative estimate of drug-likeness (QED) is 0.339. The van der Waals surface area contributed by atoms with Gasteiger partial charge in [-0.15, -0.1) is 10.5 Å². The van der Waals surface area contributed by atoms with Crippen molar-refractivity contribution in [2.75, 3.05) is 22.3 Å². The van der Waals surface area contributed by atoms with Crippen molar-refractivity contribution < 1.29 is 4.79 Å². The number of aromatic nitrogens is 2. The number of amides is 1. The Labute approximate surface area is 229 Å². The van der Waals surface area contributed by atoms with Gasteiger partial charge in [0.15, 0.2) is 0 Å². The lowest BCUT2D eigenvalue weighted by molar-refractivity contribution is -0.112. The number of H-pyrrole nitrogens is 1. The van der Waals surface area contributed by atoms with Crippen LogP contribution in [0.4, 0.5) is 11.4 Å². The Morgan fingerprint density at radius 2 is 1.61 bits per heavy atom. The van der Waals surface area contributed by atoms with Gasteiger partial charge in [-0.2, -0.15) is 0 Å². The predicted octanol–water partition coefficient (Wildman–Crippen LogP) is 5.35. The maximum absolute atomic E-state index is 13.2. The molecule has 2 N–H and O–H groups in total. The number of rotatable bonds is 3. The van der Waals surface area contributed by atoms with Crippen molar-refractivity contribution in [3.05, 3.63) is 106 Å². The average Bonchev–Trinajstić information content (AvgIpc) is 3.56. The smallest absolute Gasteiger partial charge is 0.276 e. The van der Waals surface area contributed by atoms with E-state index in [9.17, 15) is 9.59 Å². The number of aromatic amines is 1. The Balaban J connectivity index is 0.000000190. The number of nitrogens with one attached hydrogen (secondary N) is 2. The highest BCUT2D eigenvalue weighted by molar-refractivity contribution is 8.17. The van der Waals surface area contributed by atoms with Crippen molar-refractivity contribution in [3.63, 3.8) is 0 Å². The van der Waals surface area contributed by atoms with Gasteiger partial charge >= 0.3 is 0 Å². The van der Waals surface area contributed by atoms with E-state index in [1.165, 1.54) is 9.58 Å². The summed E-state index contributed by atoms with van der Waals surface area (Å²) < 4.78 is 1.52. The minimum absolute atomic E-state index is 0.0105. The number of anilines is 2. The third-order valence-electron chi connectivity index (χ3n) is 6.47. The first-order chi connectivity index (χ1) is 18.4. The predicted molar refractivity (Wildman–Crippen MR) is 158 cm³/mol. The summed E-state index contributed by atoms with van der Waals surface area (Å²) in [6.07, 6.45) is 0.